The molecule has 7 heteroatoms. The zero-order valence-electron chi connectivity index (χ0n) is 11.6. The number of nitrogens with one attached hydrogen (secondary N) is 1. The summed E-state index contributed by atoms with van der Waals surface area (Å²) in [5.41, 5.74) is 7.84. The lowest BCUT2D eigenvalue weighted by Crippen LogP contribution is -2.13. The first-order chi connectivity index (χ1) is 10.0. The molecule has 1 amide bonds. The molecule has 0 spiro atoms. The summed E-state index contributed by atoms with van der Waals surface area (Å²) >= 11 is 3.00. The predicted molar refractivity (Wildman–Crippen MR) is 87.0 cm³/mol. The highest BCUT2D eigenvalue weighted by Crippen LogP contribution is 2.25. The van der Waals surface area contributed by atoms with Gasteiger partial charge in [0.15, 0.2) is 0 Å². The molecule has 3 N–H and O–H groups in total. The Labute approximate surface area is 129 Å². The monoisotopic (exact) mass is 318 g/mol. The minimum atomic E-state index is -0.223. The number of amides is 1. The summed E-state index contributed by atoms with van der Waals surface area (Å²) in [6.07, 6.45) is 0. The van der Waals surface area contributed by atoms with Crippen molar-refractivity contribution in [2.24, 2.45) is 5.73 Å². The highest BCUT2D eigenvalue weighted by atomic mass is 32.1. The van der Waals surface area contributed by atoms with Gasteiger partial charge in [-0.2, -0.15) is 0 Å². The van der Waals surface area contributed by atoms with Crippen LogP contribution in [0.4, 0.5) is 5.69 Å². The molecule has 0 saturated carbocycles. The molecule has 3 aromatic rings. The average molecular weight is 318 g/mol. The molecule has 0 radical (unpaired) electrons. The highest BCUT2D eigenvalue weighted by Gasteiger charge is 2.13. The number of anilines is 1. The molecule has 0 saturated heterocycles. The summed E-state index contributed by atoms with van der Waals surface area (Å²) < 4.78 is 1.06. The molecule has 2 aromatic heterocycles. The number of carbonyl (C=O) groups is 1. The lowest BCUT2D eigenvalue weighted by atomic mass is 10.3. The maximum atomic E-state index is 12.2. The highest BCUT2D eigenvalue weighted by molar-refractivity contribution is 7.18. The van der Waals surface area contributed by atoms with E-state index in [1.54, 1.807) is 16.7 Å². The second-order valence-electron chi connectivity index (χ2n) is 4.73. The molecule has 21 heavy (non-hydrogen) atoms. The summed E-state index contributed by atoms with van der Waals surface area (Å²) in [6.45, 7) is 3.81. The van der Waals surface area contributed by atoms with E-state index in [2.05, 4.69) is 15.3 Å². The van der Waals surface area contributed by atoms with Crippen molar-refractivity contribution in [3.05, 3.63) is 39.3 Å². The fourth-order valence-electron chi connectivity index (χ4n) is 1.91. The zero-order valence-corrected chi connectivity index (χ0v) is 13.2. The van der Waals surface area contributed by atoms with Crippen LogP contribution >= 0.6 is 22.7 Å². The van der Waals surface area contributed by atoms with E-state index in [0.717, 1.165) is 25.9 Å². The maximum Gasteiger partial charge on any atom is 0.275 e. The number of nitrogens with two attached hydrogens (primary N) is 1. The molecule has 108 valence electrons. The average Bonchev–Trinajstić information content (AvgIpc) is 3.03. The van der Waals surface area contributed by atoms with Gasteiger partial charge in [0.05, 0.1) is 21.3 Å². The molecule has 0 fully saturated rings. The van der Waals surface area contributed by atoms with E-state index in [1.165, 1.54) is 11.3 Å². The summed E-state index contributed by atoms with van der Waals surface area (Å²) in [5, 5.41) is 6.35. The lowest BCUT2D eigenvalue weighted by Gasteiger charge is -2.03. The molecule has 5 nitrogen and oxygen atoms in total. The Morgan fingerprint density at radius 3 is 2.90 bits per heavy atom. The molecule has 3 rings (SSSR count). The number of rotatable bonds is 3. The summed E-state index contributed by atoms with van der Waals surface area (Å²) in [5.74, 6) is -0.223. The van der Waals surface area contributed by atoms with Gasteiger partial charge in [-0.05, 0) is 32.0 Å². The third kappa shape index (κ3) is 2.94. The van der Waals surface area contributed by atoms with Gasteiger partial charge in [0.1, 0.15) is 10.7 Å². The second-order valence-corrected chi connectivity index (χ2v) is 6.85. The van der Waals surface area contributed by atoms with Gasteiger partial charge in [-0.1, -0.05) is 0 Å². The number of aryl methyl sites for hydroxylation is 1. The van der Waals surface area contributed by atoms with E-state index in [0.29, 0.717) is 5.69 Å². The first-order valence-corrected chi connectivity index (χ1v) is 8.12. The third-order valence-corrected chi connectivity index (χ3v) is 4.88. The van der Waals surface area contributed by atoms with Crippen LogP contribution in [0.1, 0.15) is 33.5 Å². The van der Waals surface area contributed by atoms with E-state index >= 15 is 0 Å². The Morgan fingerprint density at radius 1 is 1.38 bits per heavy atom. The van der Waals surface area contributed by atoms with Gasteiger partial charge < -0.3 is 11.1 Å². The quantitative estimate of drug-likeness (QED) is 0.776. The lowest BCUT2D eigenvalue weighted by molar-refractivity contribution is 0.102. The van der Waals surface area contributed by atoms with Crippen LogP contribution in [0.2, 0.25) is 0 Å². The number of hydrogen-bond acceptors (Lipinski definition) is 6. The van der Waals surface area contributed by atoms with Crippen molar-refractivity contribution in [3.63, 3.8) is 0 Å². The van der Waals surface area contributed by atoms with E-state index in [-0.39, 0.29) is 11.9 Å². The van der Waals surface area contributed by atoms with Crippen LogP contribution in [0.5, 0.6) is 0 Å². The molecule has 2 heterocycles. The van der Waals surface area contributed by atoms with E-state index in [9.17, 15) is 4.79 Å². The zero-order chi connectivity index (χ0) is 15.0. The minimum absolute atomic E-state index is 0.159. The molecule has 0 aliphatic heterocycles. The van der Waals surface area contributed by atoms with Gasteiger partial charge in [0, 0.05) is 11.1 Å². The van der Waals surface area contributed by atoms with Crippen LogP contribution in [0.25, 0.3) is 10.2 Å². The fraction of sp³-hybridized carbons (Fsp3) is 0.214. The SMILES string of the molecule is Cc1nc2ccc(NC(=O)c3csc(C(C)N)n3)cc2s1. The number of hydrogen-bond donors (Lipinski definition) is 2. The van der Waals surface area contributed by atoms with Crippen molar-refractivity contribution in [1.82, 2.24) is 9.97 Å². The Balaban J connectivity index is 1.81. The van der Waals surface area contributed by atoms with Crippen LogP contribution in [0.15, 0.2) is 23.6 Å². The van der Waals surface area contributed by atoms with Crippen molar-refractivity contribution in [2.75, 3.05) is 5.32 Å². The van der Waals surface area contributed by atoms with E-state index in [4.69, 9.17) is 5.73 Å². The van der Waals surface area contributed by atoms with Crippen LogP contribution in [0.3, 0.4) is 0 Å². The topological polar surface area (TPSA) is 80.9 Å². The number of carbonyl (C=O) groups excluding carboxylic acids is 1. The Kier molecular flexibility index (Phi) is 3.71. The molecular formula is C14H14N4OS2. The van der Waals surface area contributed by atoms with Crippen molar-refractivity contribution in [1.29, 1.82) is 0 Å². The van der Waals surface area contributed by atoms with Gasteiger partial charge >= 0.3 is 0 Å². The van der Waals surface area contributed by atoms with Crippen molar-refractivity contribution < 1.29 is 4.79 Å². The molecule has 1 aromatic carbocycles. The molecule has 1 atom stereocenters. The first kappa shape index (κ1) is 14.1. The van der Waals surface area contributed by atoms with Crippen molar-refractivity contribution >= 4 is 44.5 Å². The standard InChI is InChI=1S/C14H14N4OS2/c1-7(15)14-18-11(6-20-14)13(19)17-9-3-4-10-12(5-9)21-8(2)16-10/h3-7H,15H2,1-2H3,(H,17,19). The van der Waals surface area contributed by atoms with Crippen LogP contribution in [0, 0.1) is 6.92 Å². The molecule has 0 aliphatic rings. The third-order valence-electron chi connectivity index (χ3n) is 2.90. The molecular weight excluding hydrogens is 304 g/mol. The maximum absolute atomic E-state index is 12.2. The number of fused-ring (bicyclic) bond motifs is 1. The number of aromatic nitrogens is 2. The van der Waals surface area contributed by atoms with Gasteiger partial charge in [0.25, 0.3) is 5.91 Å². The smallest absolute Gasteiger partial charge is 0.275 e. The van der Waals surface area contributed by atoms with Gasteiger partial charge in [-0.25, -0.2) is 9.97 Å². The second kappa shape index (κ2) is 5.51. The van der Waals surface area contributed by atoms with Crippen LogP contribution < -0.4 is 11.1 Å². The van der Waals surface area contributed by atoms with E-state index < -0.39 is 0 Å². The Bertz CT molecular complexity index is 806. The normalized spacial score (nSPS) is 12.5. The number of thiazole rings is 2. The largest absolute Gasteiger partial charge is 0.322 e. The predicted octanol–water partition coefficient (Wildman–Crippen LogP) is 3.33. The summed E-state index contributed by atoms with van der Waals surface area (Å²) in [7, 11) is 0. The molecule has 0 aliphatic carbocycles. The minimum Gasteiger partial charge on any atom is -0.322 e. The molecule has 1 unspecified atom stereocenters. The number of benzene rings is 1. The first-order valence-electron chi connectivity index (χ1n) is 6.42. The fourth-order valence-corrected chi connectivity index (χ4v) is 3.54. The van der Waals surface area contributed by atoms with Gasteiger partial charge in [0.2, 0.25) is 0 Å². The molecule has 0 bridgehead atoms. The van der Waals surface area contributed by atoms with Crippen molar-refractivity contribution in [2.45, 2.75) is 19.9 Å². The number of nitrogens with zero attached hydrogens (tertiary/aromatic N) is 2. The van der Waals surface area contributed by atoms with Gasteiger partial charge in [-0.15, -0.1) is 22.7 Å². The van der Waals surface area contributed by atoms with E-state index in [1.807, 2.05) is 32.0 Å². The Morgan fingerprint density at radius 2 is 2.19 bits per heavy atom. The summed E-state index contributed by atoms with van der Waals surface area (Å²) in [6, 6.07) is 5.52. The summed E-state index contributed by atoms with van der Waals surface area (Å²) in [4.78, 5) is 20.8. The Hall–Kier alpha value is -1.83. The van der Waals surface area contributed by atoms with Gasteiger partial charge in [-0.3, -0.25) is 4.79 Å². The van der Waals surface area contributed by atoms with Crippen LogP contribution in [-0.4, -0.2) is 15.9 Å². The van der Waals surface area contributed by atoms with Crippen LogP contribution in [-0.2, 0) is 0 Å². The van der Waals surface area contributed by atoms with Crippen molar-refractivity contribution in [3.8, 4) is 0 Å².